The largest absolute Gasteiger partial charge is 0.478 e. The molecule has 4 N–H and O–H groups in total. The molecule has 0 aliphatic rings. The first-order valence-corrected chi connectivity index (χ1v) is 5.86. The standard InChI is InChI=1S/C13H18N2O3/c1-3-13(14,4-2)12(18)15-10-7-5-9(6-8-10)11(16)17/h5-8H,3-4,14H2,1-2H3,(H,15,18)(H,16,17). The quantitative estimate of drug-likeness (QED) is 0.743. The number of hydrogen-bond acceptors (Lipinski definition) is 3. The molecule has 0 saturated heterocycles. The van der Waals surface area contributed by atoms with Crippen molar-refractivity contribution in [1.82, 2.24) is 0 Å². The van der Waals surface area contributed by atoms with Crippen LogP contribution >= 0.6 is 0 Å². The van der Waals surface area contributed by atoms with Crippen LogP contribution in [-0.2, 0) is 4.79 Å². The summed E-state index contributed by atoms with van der Waals surface area (Å²) in [5.74, 6) is -1.25. The van der Waals surface area contributed by atoms with Gasteiger partial charge >= 0.3 is 5.97 Å². The fourth-order valence-electron chi connectivity index (χ4n) is 1.52. The summed E-state index contributed by atoms with van der Waals surface area (Å²) in [5, 5.41) is 11.4. The van der Waals surface area contributed by atoms with Crippen molar-refractivity contribution in [3.8, 4) is 0 Å². The van der Waals surface area contributed by atoms with Gasteiger partial charge in [-0.3, -0.25) is 4.79 Å². The van der Waals surface area contributed by atoms with Gasteiger partial charge in [0.05, 0.1) is 11.1 Å². The maximum atomic E-state index is 12.0. The number of anilines is 1. The van der Waals surface area contributed by atoms with Crippen LogP contribution in [0.5, 0.6) is 0 Å². The molecule has 5 heteroatoms. The Labute approximate surface area is 106 Å². The van der Waals surface area contributed by atoms with E-state index in [1.165, 1.54) is 12.1 Å². The summed E-state index contributed by atoms with van der Waals surface area (Å²) in [6.07, 6.45) is 1.09. The number of aromatic carboxylic acids is 1. The SMILES string of the molecule is CCC(N)(CC)C(=O)Nc1ccc(C(=O)O)cc1. The molecule has 0 aliphatic heterocycles. The molecule has 0 spiro atoms. The highest BCUT2D eigenvalue weighted by Gasteiger charge is 2.29. The number of carbonyl (C=O) groups is 2. The molecule has 0 radical (unpaired) electrons. The van der Waals surface area contributed by atoms with Crippen LogP contribution in [0.2, 0.25) is 0 Å². The van der Waals surface area contributed by atoms with E-state index >= 15 is 0 Å². The molecule has 0 aromatic heterocycles. The summed E-state index contributed by atoms with van der Waals surface area (Å²) in [6.45, 7) is 3.72. The lowest BCUT2D eigenvalue weighted by Crippen LogP contribution is -2.50. The molecule has 5 nitrogen and oxygen atoms in total. The summed E-state index contributed by atoms with van der Waals surface area (Å²) < 4.78 is 0. The molecule has 0 fully saturated rings. The second kappa shape index (κ2) is 5.64. The van der Waals surface area contributed by atoms with E-state index in [0.717, 1.165) is 0 Å². The van der Waals surface area contributed by atoms with Crippen molar-refractivity contribution < 1.29 is 14.7 Å². The Morgan fingerprint density at radius 3 is 2.11 bits per heavy atom. The first-order valence-electron chi connectivity index (χ1n) is 5.86. The van der Waals surface area contributed by atoms with Gasteiger partial charge in [0.1, 0.15) is 0 Å². The molecule has 0 saturated carbocycles. The van der Waals surface area contributed by atoms with Crippen LogP contribution < -0.4 is 11.1 Å². The number of carboxylic acid groups (broad SMARTS) is 1. The second-order valence-electron chi connectivity index (χ2n) is 4.20. The zero-order chi connectivity index (χ0) is 13.8. The minimum atomic E-state index is -0.997. The fraction of sp³-hybridized carbons (Fsp3) is 0.385. The number of carbonyl (C=O) groups excluding carboxylic acids is 1. The molecular formula is C13H18N2O3. The van der Waals surface area contributed by atoms with Crippen molar-refractivity contribution in [3.63, 3.8) is 0 Å². The van der Waals surface area contributed by atoms with Crippen molar-refractivity contribution in [2.24, 2.45) is 5.73 Å². The van der Waals surface area contributed by atoms with Gasteiger partial charge in [-0.2, -0.15) is 0 Å². The van der Waals surface area contributed by atoms with Crippen LogP contribution in [0.4, 0.5) is 5.69 Å². The second-order valence-corrected chi connectivity index (χ2v) is 4.20. The number of rotatable bonds is 5. The van der Waals surface area contributed by atoms with E-state index in [2.05, 4.69) is 5.32 Å². The molecule has 18 heavy (non-hydrogen) atoms. The van der Waals surface area contributed by atoms with Crippen LogP contribution in [0, 0.1) is 0 Å². The van der Waals surface area contributed by atoms with E-state index in [-0.39, 0.29) is 11.5 Å². The molecule has 0 bridgehead atoms. The van der Waals surface area contributed by atoms with Gasteiger partial charge in [-0.15, -0.1) is 0 Å². The number of nitrogens with one attached hydrogen (secondary N) is 1. The fourth-order valence-corrected chi connectivity index (χ4v) is 1.52. The molecule has 1 amide bonds. The summed E-state index contributed by atoms with van der Waals surface area (Å²) in [7, 11) is 0. The van der Waals surface area contributed by atoms with E-state index < -0.39 is 11.5 Å². The van der Waals surface area contributed by atoms with Crippen molar-refractivity contribution in [2.75, 3.05) is 5.32 Å². The first-order chi connectivity index (χ1) is 8.42. The Kier molecular flexibility index (Phi) is 4.44. The Morgan fingerprint density at radius 2 is 1.72 bits per heavy atom. The minimum Gasteiger partial charge on any atom is -0.478 e. The lowest BCUT2D eigenvalue weighted by atomic mass is 9.93. The van der Waals surface area contributed by atoms with Crippen LogP contribution in [0.3, 0.4) is 0 Å². The lowest BCUT2D eigenvalue weighted by molar-refractivity contribution is -0.121. The van der Waals surface area contributed by atoms with Crippen LogP contribution in [0.1, 0.15) is 37.0 Å². The zero-order valence-corrected chi connectivity index (χ0v) is 10.6. The number of carboxylic acids is 1. The van der Waals surface area contributed by atoms with Gasteiger partial charge in [0.2, 0.25) is 5.91 Å². The smallest absolute Gasteiger partial charge is 0.335 e. The number of hydrogen-bond donors (Lipinski definition) is 3. The predicted octanol–water partition coefficient (Wildman–Crippen LogP) is 1.84. The minimum absolute atomic E-state index is 0.179. The molecular weight excluding hydrogens is 232 g/mol. The van der Waals surface area contributed by atoms with Crippen molar-refractivity contribution >= 4 is 17.6 Å². The highest BCUT2D eigenvalue weighted by atomic mass is 16.4. The highest BCUT2D eigenvalue weighted by Crippen LogP contribution is 2.16. The predicted molar refractivity (Wildman–Crippen MR) is 69.5 cm³/mol. The summed E-state index contributed by atoms with van der Waals surface area (Å²) in [5.41, 5.74) is 5.80. The van der Waals surface area contributed by atoms with Gasteiger partial charge in [-0.25, -0.2) is 4.79 Å². The third-order valence-corrected chi connectivity index (χ3v) is 3.10. The lowest BCUT2D eigenvalue weighted by Gasteiger charge is -2.25. The number of benzene rings is 1. The average Bonchev–Trinajstić information content (AvgIpc) is 2.38. The summed E-state index contributed by atoms with van der Waals surface area (Å²) >= 11 is 0. The van der Waals surface area contributed by atoms with Crippen LogP contribution in [-0.4, -0.2) is 22.5 Å². The molecule has 0 aliphatic carbocycles. The molecule has 0 heterocycles. The van der Waals surface area contributed by atoms with E-state index in [4.69, 9.17) is 10.8 Å². The maximum absolute atomic E-state index is 12.0. The van der Waals surface area contributed by atoms with E-state index in [1.54, 1.807) is 12.1 Å². The molecule has 1 rings (SSSR count). The van der Waals surface area contributed by atoms with Gasteiger partial charge in [0.25, 0.3) is 0 Å². The van der Waals surface area contributed by atoms with Gasteiger partial charge in [0.15, 0.2) is 0 Å². The Morgan fingerprint density at radius 1 is 1.22 bits per heavy atom. The third kappa shape index (κ3) is 3.07. The van der Waals surface area contributed by atoms with E-state index in [1.807, 2.05) is 13.8 Å². The van der Waals surface area contributed by atoms with Crippen LogP contribution in [0.25, 0.3) is 0 Å². The molecule has 0 atom stereocenters. The van der Waals surface area contributed by atoms with Crippen molar-refractivity contribution in [3.05, 3.63) is 29.8 Å². The van der Waals surface area contributed by atoms with E-state index in [9.17, 15) is 9.59 Å². The maximum Gasteiger partial charge on any atom is 0.335 e. The number of nitrogens with two attached hydrogens (primary N) is 1. The molecule has 1 aromatic carbocycles. The van der Waals surface area contributed by atoms with Gasteiger partial charge in [-0.1, -0.05) is 13.8 Å². The Hall–Kier alpha value is -1.88. The van der Waals surface area contributed by atoms with Gasteiger partial charge in [-0.05, 0) is 37.1 Å². The zero-order valence-electron chi connectivity index (χ0n) is 10.6. The Bertz CT molecular complexity index is 436. The number of amides is 1. The molecule has 98 valence electrons. The summed E-state index contributed by atoms with van der Waals surface area (Å²) in [4.78, 5) is 22.6. The third-order valence-electron chi connectivity index (χ3n) is 3.10. The highest BCUT2D eigenvalue weighted by molar-refractivity contribution is 5.98. The van der Waals surface area contributed by atoms with Crippen molar-refractivity contribution in [1.29, 1.82) is 0 Å². The van der Waals surface area contributed by atoms with Crippen molar-refractivity contribution in [2.45, 2.75) is 32.2 Å². The summed E-state index contributed by atoms with van der Waals surface area (Å²) in [6, 6.07) is 5.97. The van der Waals surface area contributed by atoms with Gasteiger partial charge in [0, 0.05) is 5.69 Å². The molecule has 0 unspecified atom stereocenters. The molecule has 1 aromatic rings. The monoisotopic (exact) mass is 250 g/mol. The normalized spacial score (nSPS) is 11.1. The topological polar surface area (TPSA) is 92.4 Å². The van der Waals surface area contributed by atoms with E-state index in [0.29, 0.717) is 18.5 Å². The van der Waals surface area contributed by atoms with Gasteiger partial charge < -0.3 is 16.2 Å². The average molecular weight is 250 g/mol. The van der Waals surface area contributed by atoms with Crippen LogP contribution in [0.15, 0.2) is 24.3 Å². The Balaban J connectivity index is 2.79. The first kappa shape index (κ1) is 14.2.